The number of alkyl halides is 3. The maximum Gasteiger partial charge on any atom is 0.418 e. The Bertz CT molecular complexity index is 551. The first-order valence-electron chi connectivity index (χ1n) is 6.89. The van der Waals surface area contributed by atoms with Gasteiger partial charge in [-0.2, -0.15) is 13.2 Å². The zero-order valence-corrected chi connectivity index (χ0v) is 12.8. The van der Waals surface area contributed by atoms with Crippen molar-refractivity contribution in [3.05, 3.63) is 28.8 Å². The van der Waals surface area contributed by atoms with E-state index in [0.29, 0.717) is 6.54 Å². The molecular weight excluding hydrogens is 319 g/mol. The van der Waals surface area contributed by atoms with E-state index in [1.165, 1.54) is 12.1 Å². The average Bonchev–Trinajstić information content (AvgIpc) is 2.42. The number of carbonyl (C=O) groups excluding carboxylic acids is 1. The normalized spacial score (nSPS) is 20.0. The molecule has 2 rings (SSSR count). The van der Waals surface area contributed by atoms with Crippen molar-refractivity contribution < 1.29 is 18.0 Å². The molecule has 1 aliphatic heterocycles. The minimum Gasteiger partial charge on any atom is -0.324 e. The van der Waals surface area contributed by atoms with E-state index in [-0.39, 0.29) is 23.3 Å². The number of halogens is 4. The smallest absolute Gasteiger partial charge is 0.324 e. The number of piperazine rings is 1. The standard InChI is InChI=1S/C14H17ClF3N3O/c1-9-7-19-4-5-21(9)8-13(22)20-12-3-2-10(15)6-11(12)14(16,17)18/h2-3,6,9,19H,4-5,7-8H2,1H3,(H,20,22)/t9-/m0/s1. The lowest BCUT2D eigenvalue weighted by molar-refractivity contribution is -0.137. The molecular formula is C14H17ClF3N3O. The van der Waals surface area contributed by atoms with Crippen molar-refractivity contribution in [2.24, 2.45) is 0 Å². The number of hydrogen-bond acceptors (Lipinski definition) is 3. The van der Waals surface area contributed by atoms with Crippen LogP contribution in [-0.2, 0) is 11.0 Å². The molecule has 0 aromatic heterocycles. The zero-order chi connectivity index (χ0) is 16.3. The molecule has 1 fully saturated rings. The van der Waals surface area contributed by atoms with Gasteiger partial charge in [0.25, 0.3) is 0 Å². The highest BCUT2D eigenvalue weighted by Crippen LogP contribution is 2.36. The third-order valence-electron chi connectivity index (χ3n) is 3.55. The van der Waals surface area contributed by atoms with E-state index in [1.54, 1.807) is 0 Å². The Morgan fingerprint density at radius 2 is 2.23 bits per heavy atom. The van der Waals surface area contributed by atoms with Crippen LogP contribution in [0.3, 0.4) is 0 Å². The Labute approximate surface area is 131 Å². The Balaban J connectivity index is 2.08. The molecule has 122 valence electrons. The molecule has 8 heteroatoms. The van der Waals surface area contributed by atoms with Crippen LogP contribution in [0.25, 0.3) is 0 Å². The van der Waals surface area contributed by atoms with Gasteiger partial charge in [0.2, 0.25) is 5.91 Å². The summed E-state index contributed by atoms with van der Waals surface area (Å²) in [7, 11) is 0. The van der Waals surface area contributed by atoms with Gasteiger partial charge in [-0.3, -0.25) is 9.69 Å². The summed E-state index contributed by atoms with van der Waals surface area (Å²) in [5.74, 6) is -0.471. The van der Waals surface area contributed by atoms with Crippen molar-refractivity contribution in [2.75, 3.05) is 31.5 Å². The molecule has 1 aromatic rings. The first kappa shape index (κ1) is 17.1. The number of amides is 1. The van der Waals surface area contributed by atoms with E-state index in [4.69, 9.17) is 11.6 Å². The van der Waals surface area contributed by atoms with Crippen molar-refractivity contribution >= 4 is 23.2 Å². The lowest BCUT2D eigenvalue weighted by Gasteiger charge is -2.33. The molecule has 1 saturated heterocycles. The third-order valence-corrected chi connectivity index (χ3v) is 3.78. The molecule has 1 heterocycles. The average molecular weight is 336 g/mol. The number of rotatable bonds is 3. The van der Waals surface area contributed by atoms with Crippen molar-refractivity contribution in [2.45, 2.75) is 19.1 Å². The summed E-state index contributed by atoms with van der Waals surface area (Å²) >= 11 is 5.61. The van der Waals surface area contributed by atoms with Gasteiger partial charge >= 0.3 is 6.18 Å². The van der Waals surface area contributed by atoms with Crippen molar-refractivity contribution in [3.8, 4) is 0 Å². The van der Waals surface area contributed by atoms with E-state index >= 15 is 0 Å². The van der Waals surface area contributed by atoms with Gasteiger partial charge in [-0.1, -0.05) is 11.6 Å². The topological polar surface area (TPSA) is 44.4 Å². The Kier molecular flexibility index (Phi) is 5.31. The molecule has 0 radical (unpaired) electrons. The maximum atomic E-state index is 13.0. The predicted molar refractivity (Wildman–Crippen MR) is 79.0 cm³/mol. The molecule has 0 saturated carbocycles. The van der Waals surface area contributed by atoms with Crippen LogP contribution >= 0.6 is 11.6 Å². The van der Waals surface area contributed by atoms with E-state index in [2.05, 4.69) is 10.6 Å². The SMILES string of the molecule is C[C@H]1CNCCN1CC(=O)Nc1ccc(Cl)cc1C(F)(F)F. The largest absolute Gasteiger partial charge is 0.418 e. The summed E-state index contributed by atoms with van der Waals surface area (Å²) in [6.07, 6.45) is -4.57. The molecule has 0 aliphatic carbocycles. The Morgan fingerprint density at radius 3 is 2.86 bits per heavy atom. The van der Waals surface area contributed by atoms with E-state index in [1.807, 2.05) is 11.8 Å². The van der Waals surface area contributed by atoms with Crippen LogP contribution in [0.1, 0.15) is 12.5 Å². The second-order valence-electron chi connectivity index (χ2n) is 5.26. The second-order valence-corrected chi connectivity index (χ2v) is 5.70. The fourth-order valence-electron chi connectivity index (χ4n) is 2.35. The van der Waals surface area contributed by atoms with E-state index < -0.39 is 17.6 Å². The monoisotopic (exact) mass is 335 g/mol. The van der Waals surface area contributed by atoms with Gasteiger partial charge < -0.3 is 10.6 Å². The van der Waals surface area contributed by atoms with Crippen LogP contribution in [0.2, 0.25) is 5.02 Å². The zero-order valence-electron chi connectivity index (χ0n) is 12.0. The van der Waals surface area contributed by atoms with Gasteiger partial charge in [0.05, 0.1) is 17.8 Å². The van der Waals surface area contributed by atoms with Gasteiger partial charge in [0.15, 0.2) is 0 Å². The quantitative estimate of drug-likeness (QED) is 0.892. The van der Waals surface area contributed by atoms with Crippen molar-refractivity contribution in [1.82, 2.24) is 10.2 Å². The maximum absolute atomic E-state index is 13.0. The predicted octanol–water partition coefficient (Wildman–Crippen LogP) is 2.59. The highest BCUT2D eigenvalue weighted by Gasteiger charge is 2.34. The molecule has 0 bridgehead atoms. The van der Waals surface area contributed by atoms with Crippen LogP contribution < -0.4 is 10.6 Å². The number of nitrogens with one attached hydrogen (secondary N) is 2. The minimum absolute atomic E-state index is 0.0268. The molecule has 2 N–H and O–H groups in total. The van der Waals surface area contributed by atoms with Crippen LogP contribution in [-0.4, -0.2) is 43.0 Å². The van der Waals surface area contributed by atoms with Gasteiger partial charge in [-0.25, -0.2) is 0 Å². The number of carbonyl (C=O) groups is 1. The molecule has 1 aliphatic rings. The number of anilines is 1. The van der Waals surface area contributed by atoms with Gasteiger partial charge in [0, 0.05) is 30.7 Å². The van der Waals surface area contributed by atoms with Crippen molar-refractivity contribution in [1.29, 1.82) is 0 Å². The first-order chi connectivity index (χ1) is 10.3. The fourth-order valence-corrected chi connectivity index (χ4v) is 2.52. The van der Waals surface area contributed by atoms with Gasteiger partial charge in [-0.05, 0) is 25.1 Å². The van der Waals surface area contributed by atoms with Crippen LogP contribution in [0.15, 0.2) is 18.2 Å². The van der Waals surface area contributed by atoms with Gasteiger partial charge in [0.1, 0.15) is 0 Å². The lowest BCUT2D eigenvalue weighted by atomic mass is 10.1. The number of benzene rings is 1. The molecule has 4 nitrogen and oxygen atoms in total. The summed E-state index contributed by atoms with van der Waals surface area (Å²) < 4.78 is 38.9. The second kappa shape index (κ2) is 6.85. The molecule has 0 spiro atoms. The lowest BCUT2D eigenvalue weighted by Crippen LogP contribution is -2.52. The molecule has 22 heavy (non-hydrogen) atoms. The van der Waals surface area contributed by atoms with Crippen LogP contribution in [0.5, 0.6) is 0 Å². The Morgan fingerprint density at radius 1 is 1.50 bits per heavy atom. The number of nitrogens with zero attached hydrogens (tertiary/aromatic N) is 1. The number of hydrogen-bond donors (Lipinski definition) is 2. The molecule has 0 unspecified atom stereocenters. The highest BCUT2D eigenvalue weighted by atomic mass is 35.5. The summed E-state index contributed by atoms with van der Waals surface area (Å²) in [4.78, 5) is 13.9. The van der Waals surface area contributed by atoms with Gasteiger partial charge in [-0.15, -0.1) is 0 Å². The third kappa shape index (κ3) is 4.34. The van der Waals surface area contributed by atoms with Crippen LogP contribution in [0, 0.1) is 0 Å². The van der Waals surface area contributed by atoms with Crippen molar-refractivity contribution in [3.63, 3.8) is 0 Å². The molecule has 1 amide bonds. The van der Waals surface area contributed by atoms with E-state index in [9.17, 15) is 18.0 Å². The highest BCUT2D eigenvalue weighted by molar-refractivity contribution is 6.30. The summed E-state index contributed by atoms with van der Waals surface area (Å²) in [6.45, 7) is 4.21. The summed E-state index contributed by atoms with van der Waals surface area (Å²) in [5, 5.41) is 5.49. The first-order valence-corrected chi connectivity index (χ1v) is 7.26. The van der Waals surface area contributed by atoms with Crippen LogP contribution in [0.4, 0.5) is 18.9 Å². The van der Waals surface area contributed by atoms with E-state index in [0.717, 1.165) is 19.2 Å². The molecule has 1 aromatic carbocycles. The summed E-state index contributed by atoms with van der Waals surface area (Å²) in [5.41, 5.74) is -1.22. The fraction of sp³-hybridized carbons (Fsp3) is 0.500. The summed E-state index contributed by atoms with van der Waals surface area (Å²) in [6, 6.07) is 3.46. The molecule has 1 atom stereocenters. The minimum atomic E-state index is -4.57. The Hall–Kier alpha value is -1.31.